The molecule has 0 aromatic carbocycles. The number of nitrogens with one attached hydrogen (secondary N) is 2. The van der Waals surface area contributed by atoms with E-state index in [1.54, 1.807) is 0 Å². The van der Waals surface area contributed by atoms with Crippen LogP contribution in [0.15, 0.2) is 0 Å². The number of nitrogens with zero attached hydrogens (tertiary/aromatic N) is 2. The second kappa shape index (κ2) is 5.66. The van der Waals surface area contributed by atoms with Gasteiger partial charge in [-0.3, -0.25) is 10.00 Å². The van der Waals surface area contributed by atoms with Gasteiger partial charge in [-0.05, 0) is 27.3 Å². The Morgan fingerprint density at radius 3 is 2.75 bits per heavy atom. The number of likely N-dealkylation sites (N-methyl/N-ethyl adjacent to an activating group) is 1. The van der Waals surface area contributed by atoms with Gasteiger partial charge in [-0.1, -0.05) is 0 Å². The first-order chi connectivity index (χ1) is 7.20. The van der Waals surface area contributed by atoms with Gasteiger partial charge in [0.25, 0.3) is 0 Å². The number of hydrogen-bond donors (Lipinski definition) is 2. The van der Waals surface area contributed by atoms with E-state index in [9.17, 15) is 0 Å². The molecule has 5 heteroatoms. The van der Waals surface area contributed by atoms with Gasteiger partial charge in [0.05, 0.1) is 5.69 Å². The SMILES string of the molecule is CNC1CCN(Cc2c(C)n[nH]c2C)C1.Cl. The average molecular weight is 245 g/mol. The van der Waals surface area contributed by atoms with Crippen LogP contribution in [0.25, 0.3) is 0 Å². The van der Waals surface area contributed by atoms with Crippen molar-refractivity contribution in [2.45, 2.75) is 32.9 Å². The van der Waals surface area contributed by atoms with E-state index in [-0.39, 0.29) is 12.4 Å². The van der Waals surface area contributed by atoms with Crippen molar-refractivity contribution < 1.29 is 0 Å². The molecule has 0 saturated carbocycles. The van der Waals surface area contributed by atoms with Crippen LogP contribution in [0.2, 0.25) is 0 Å². The Morgan fingerprint density at radius 2 is 2.25 bits per heavy atom. The molecule has 2 heterocycles. The molecular weight excluding hydrogens is 224 g/mol. The fourth-order valence-corrected chi connectivity index (χ4v) is 2.24. The molecule has 16 heavy (non-hydrogen) atoms. The molecule has 0 spiro atoms. The largest absolute Gasteiger partial charge is 0.316 e. The summed E-state index contributed by atoms with van der Waals surface area (Å²) in [7, 11) is 2.04. The summed E-state index contributed by atoms with van der Waals surface area (Å²) in [6.07, 6.45) is 1.26. The van der Waals surface area contributed by atoms with Crippen LogP contribution >= 0.6 is 12.4 Å². The molecule has 1 aromatic rings. The molecule has 1 unspecified atom stereocenters. The van der Waals surface area contributed by atoms with Gasteiger partial charge >= 0.3 is 0 Å². The van der Waals surface area contributed by atoms with E-state index in [2.05, 4.69) is 34.3 Å². The van der Waals surface area contributed by atoms with Crippen molar-refractivity contribution in [1.82, 2.24) is 20.4 Å². The fourth-order valence-electron chi connectivity index (χ4n) is 2.24. The lowest BCUT2D eigenvalue weighted by atomic mass is 10.2. The van der Waals surface area contributed by atoms with E-state index in [1.807, 2.05) is 7.05 Å². The Hall–Kier alpha value is -0.580. The molecule has 2 rings (SSSR count). The third-order valence-corrected chi connectivity index (χ3v) is 3.34. The first-order valence-electron chi connectivity index (χ1n) is 5.60. The molecule has 1 fully saturated rings. The molecule has 4 nitrogen and oxygen atoms in total. The lowest BCUT2D eigenvalue weighted by Crippen LogP contribution is -2.29. The van der Waals surface area contributed by atoms with E-state index in [4.69, 9.17) is 0 Å². The number of rotatable bonds is 3. The summed E-state index contributed by atoms with van der Waals surface area (Å²) in [6.45, 7) is 7.55. The molecule has 1 aliphatic rings. The molecule has 0 aliphatic carbocycles. The molecule has 0 radical (unpaired) electrons. The molecule has 1 atom stereocenters. The maximum absolute atomic E-state index is 4.23. The minimum absolute atomic E-state index is 0. The van der Waals surface area contributed by atoms with Gasteiger partial charge in [-0.15, -0.1) is 12.4 Å². The van der Waals surface area contributed by atoms with Crippen molar-refractivity contribution in [3.8, 4) is 0 Å². The van der Waals surface area contributed by atoms with Crippen molar-refractivity contribution in [3.05, 3.63) is 17.0 Å². The van der Waals surface area contributed by atoms with Crippen LogP contribution in [-0.2, 0) is 6.54 Å². The topological polar surface area (TPSA) is 44.0 Å². The lowest BCUT2D eigenvalue weighted by molar-refractivity contribution is 0.321. The molecule has 0 bridgehead atoms. The number of H-pyrrole nitrogens is 1. The zero-order valence-corrected chi connectivity index (χ0v) is 11.0. The number of aromatic amines is 1. The van der Waals surface area contributed by atoms with Crippen molar-refractivity contribution in [2.75, 3.05) is 20.1 Å². The summed E-state index contributed by atoms with van der Waals surface area (Å²) in [5.74, 6) is 0. The first kappa shape index (κ1) is 13.5. The van der Waals surface area contributed by atoms with Crippen LogP contribution in [0.5, 0.6) is 0 Å². The molecule has 1 aliphatic heterocycles. The molecule has 2 N–H and O–H groups in total. The third-order valence-electron chi connectivity index (χ3n) is 3.34. The molecular formula is C11H21ClN4. The van der Waals surface area contributed by atoms with Crippen LogP contribution in [0.1, 0.15) is 23.4 Å². The Morgan fingerprint density at radius 1 is 1.50 bits per heavy atom. The second-order valence-electron chi connectivity index (χ2n) is 4.42. The van der Waals surface area contributed by atoms with Crippen molar-refractivity contribution in [3.63, 3.8) is 0 Å². The van der Waals surface area contributed by atoms with Crippen LogP contribution in [-0.4, -0.2) is 41.3 Å². The van der Waals surface area contributed by atoms with Gasteiger partial charge < -0.3 is 5.32 Å². The normalized spacial score (nSPS) is 21.1. The highest BCUT2D eigenvalue weighted by molar-refractivity contribution is 5.85. The summed E-state index contributed by atoms with van der Waals surface area (Å²) in [5, 5.41) is 10.6. The van der Waals surface area contributed by atoms with E-state index < -0.39 is 0 Å². The van der Waals surface area contributed by atoms with E-state index in [0.29, 0.717) is 6.04 Å². The van der Waals surface area contributed by atoms with E-state index in [1.165, 1.54) is 24.2 Å². The van der Waals surface area contributed by atoms with Crippen LogP contribution < -0.4 is 5.32 Å². The van der Waals surface area contributed by atoms with E-state index in [0.717, 1.165) is 18.8 Å². The van der Waals surface area contributed by atoms with Gasteiger partial charge in [0.15, 0.2) is 0 Å². The van der Waals surface area contributed by atoms with Gasteiger partial charge in [0.2, 0.25) is 0 Å². The molecule has 1 saturated heterocycles. The van der Waals surface area contributed by atoms with E-state index >= 15 is 0 Å². The lowest BCUT2D eigenvalue weighted by Gasteiger charge is -2.15. The summed E-state index contributed by atoms with van der Waals surface area (Å²) >= 11 is 0. The van der Waals surface area contributed by atoms with Crippen LogP contribution in [0.4, 0.5) is 0 Å². The average Bonchev–Trinajstić information content (AvgIpc) is 2.80. The minimum atomic E-state index is 0. The zero-order chi connectivity index (χ0) is 10.8. The quantitative estimate of drug-likeness (QED) is 0.841. The highest BCUT2D eigenvalue weighted by atomic mass is 35.5. The maximum atomic E-state index is 4.23. The number of aryl methyl sites for hydroxylation is 2. The Balaban J connectivity index is 0.00000128. The zero-order valence-electron chi connectivity index (χ0n) is 10.2. The number of aromatic nitrogens is 2. The maximum Gasteiger partial charge on any atom is 0.0639 e. The second-order valence-corrected chi connectivity index (χ2v) is 4.42. The number of halogens is 1. The van der Waals surface area contributed by atoms with Crippen LogP contribution in [0.3, 0.4) is 0 Å². The van der Waals surface area contributed by atoms with Gasteiger partial charge in [0.1, 0.15) is 0 Å². The first-order valence-corrected chi connectivity index (χ1v) is 5.60. The minimum Gasteiger partial charge on any atom is -0.316 e. The van der Waals surface area contributed by atoms with Crippen molar-refractivity contribution in [1.29, 1.82) is 0 Å². The molecule has 0 amide bonds. The summed E-state index contributed by atoms with van der Waals surface area (Å²) in [4.78, 5) is 2.49. The van der Waals surface area contributed by atoms with Crippen molar-refractivity contribution >= 4 is 12.4 Å². The highest BCUT2D eigenvalue weighted by Crippen LogP contribution is 2.16. The predicted octanol–water partition coefficient (Wildman–Crippen LogP) is 1.24. The van der Waals surface area contributed by atoms with Gasteiger partial charge in [0, 0.05) is 36.9 Å². The van der Waals surface area contributed by atoms with Crippen LogP contribution in [0, 0.1) is 13.8 Å². The Kier molecular flexibility index (Phi) is 4.77. The predicted molar refractivity (Wildman–Crippen MR) is 68.1 cm³/mol. The Bertz CT molecular complexity index is 317. The summed E-state index contributed by atoms with van der Waals surface area (Å²) in [5.41, 5.74) is 3.72. The van der Waals surface area contributed by atoms with Gasteiger partial charge in [-0.2, -0.15) is 5.10 Å². The summed E-state index contributed by atoms with van der Waals surface area (Å²) in [6, 6.07) is 0.664. The number of likely N-dealkylation sites (tertiary alicyclic amines) is 1. The third kappa shape index (κ3) is 2.75. The van der Waals surface area contributed by atoms with Crippen molar-refractivity contribution in [2.24, 2.45) is 0 Å². The smallest absolute Gasteiger partial charge is 0.0639 e. The molecule has 1 aromatic heterocycles. The fraction of sp³-hybridized carbons (Fsp3) is 0.727. The van der Waals surface area contributed by atoms with Gasteiger partial charge in [-0.25, -0.2) is 0 Å². The molecule has 92 valence electrons. The number of hydrogen-bond acceptors (Lipinski definition) is 3. The summed E-state index contributed by atoms with van der Waals surface area (Å²) < 4.78 is 0. The monoisotopic (exact) mass is 244 g/mol. The highest BCUT2D eigenvalue weighted by Gasteiger charge is 2.22. The standard InChI is InChI=1S/C11H20N4.ClH/c1-8-11(9(2)14-13-8)7-15-5-4-10(6-15)12-3;/h10,12H,4-7H2,1-3H3,(H,13,14);1H. The Labute approximate surface area is 103 Å².